The maximum Gasteiger partial charge on any atom is 0.188 e. The fourth-order valence-electron chi connectivity index (χ4n) is 1.86. The minimum absolute atomic E-state index is 0.160. The van der Waals surface area contributed by atoms with E-state index in [4.69, 9.17) is 18.9 Å². The molecule has 0 aliphatic heterocycles. The van der Waals surface area contributed by atoms with Crippen molar-refractivity contribution in [3.05, 3.63) is 48.5 Å². The Bertz CT molecular complexity index is 525. The molecule has 2 rings (SSSR count). The summed E-state index contributed by atoms with van der Waals surface area (Å²) in [5.41, 5.74) is 2.01. The van der Waals surface area contributed by atoms with Gasteiger partial charge < -0.3 is 18.9 Å². The molecule has 0 spiro atoms. The van der Waals surface area contributed by atoms with Crippen LogP contribution >= 0.6 is 0 Å². The minimum atomic E-state index is 0.160. The molecule has 4 heteroatoms. The Morgan fingerprint density at radius 3 is 2.15 bits per heavy atom. The van der Waals surface area contributed by atoms with E-state index in [1.165, 1.54) is 0 Å². The van der Waals surface area contributed by atoms with Crippen molar-refractivity contribution in [2.24, 2.45) is 0 Å². The van der Waals surface area contributed by atoms with Crippen LogP contribution in [0.1, 0.15) is 0 Å². The van der Waals surface area contributed by atoms with Gasteiger partial charge in [-0.25, -0.2) is 0 Å². The van der Waals surface area contributed by atoms with E-state index in [0.29, 0.717) is 11.5 Å². The van der Waals surface area contributed by atoms with Gasteiger partial charge in [0.1, 0.15) is 0 Å². The van der Waals surface area contributed by atoms with Crippen molar-refractivity contribution >= 4 is 0 Å². The summed E-state index contributed by atoms with van der Waals surface area (Å²) in [4.78, 5) is 0. The third-order valence-corrected chi connectivity index (χ3v) is 2.72. The predicted octanol–water partition coefficient (Wildman–Crippen LogP) is 3.32. The molecular formula is C16H18O4. The normalized spacial score (nSPS) is 10.3. The molecule has 2 aromatic rings. The van der Waals surface area contributed by atoms with Gasteiger partial charge in [0.15, 0.2) is 25.1 Å². The first-order chi connectivity index (χ1) is 9.86. The van der Waals surface area contributed by atoms with E-state index >= 15 is 0 Å². The molecule has 0 saturated heterocycles. The van der Waals surface area contributed by atoms with E-state index in [1.807, 2.05) is 48.5 Å². The Hall–Kier alpha value is -2.04. The molecule has 0 aliphatic carbocycles. The highest BCUT2D eigenvalue weighted by Crippen LogP contribution is 2.38. The van der Waals surface area contributed by atoms with Gasteiger partial charge in [-0.1, -0.05) is 42.5 Å². The largest absolute Gasteiger partial charge is 0.464 e. The van der Waals surface area contributed by atoms with Crippen molar-refractivity contribution < 1.29 is 18.9 Å². The number of hydrogen-bond donors (Lipinski definition) is 0. The summed E-state index contributed by atoms with van der Waals surface area (Å²) >= 11 is 0. The van der Waals surface area contributed by atoms with E-state index in [0.717, 1.165) is 11.1 Å². The second kappa shape index (κ2) is 7.53. The molecule has 106 valence electrons. The van der Waals surface area contributed by atoms with Gasteiger partial charge in [0, 0.05) is 19.8 Å². The Morgan fingerprint density at radius 2 is 1.45 bits per heavy atom. The van der Waals surface area contributed by atoms with Crippen molar-refractivity contribution in [1.82, 2.24) is 0 Å². The maximum absolute atomic E-state index is 5.67. The molecule has 0 aliphatic rings. The zero-order chi connectivity index (χ0) is 14.2. The lowest BCUT2D eigenvalue weighted by Crippen LogP contribution is -2.05. The average molecular weight is 274 g/mol. The molecule has 0 aromatic heterocycles. The van der Waals surface area contributed by atoms with Crippen LogP contribution in [-0.2, 0) is 9.47 Å². The number of para-hydroxylation sites is 1. The number of methoxy groups -OCH3 is 2. The molecule has 0 saturated carbocycles. The Morgan fingerprint density at radius 1 is 0.750 bits per heavy atom. The van der Waals surface area contributed by atoms with E-state index in [2.05, 4.69) is 0 Å². The van der Waals surface area contributed by atoms with Crippen molar-refractivity contribution in [2.45, 2.75) is 0 Å². The Labute approximate surface area is 118 Å². The molecule has 0 unspecified atom stereocenters. The van der Waals surface area contributed by atoms with E-state index in [9.17, 15) is 0 Å². The second-order valence-electron chi connectivity index (χ2n) is 4.10. The van der Waals surface area contributed by atoms with Crippen LogP contribution in [0.5, 0.6) is 11.5 Å². The van der Waals surface area contributed by atoms with Gasteiger partial charge in [-0.3, -0.25) is 0 Å². The van der Waals surface area contributed by atoms with E-state index < -0.39 is 0 Å². The molecule has 0 amide bonds. The summed E-state index contributed by atoms with van der Waals surface area (Å²) in [6.45, 7) is 0.328. The standard InChI is InChI=1S/C16H18O4/c1-17-11-19-15-10-6-9-14(16(15)20-12-18-2)13-7-4-3-5-8-13/h3-10H,11-12H2,1-2H3. The Kier molecular flexibility index (Phi) is 5.41. The van der Waals surface area contributed by atoms with Crippen LogP contribution < -0.4 is 9.47 Å². The van der Waals surface area contributed by atoms with Gasteiger partial charge in [0.2, 0.25) is 0 Å². The third-order valence-electron chi connectivity index (χ3n) is 2.72. The van der Waals surface area contributed by atoms with Crippen LogP contribution in [-0.4, -0.2) is 27.8 Å². The van der Waals surface area contributed by atoms with Crippen molar-refractivity contribution in [3.63, 3.8) is 0 Å². The van der Waals surface area contributed by atoms with Crippen molar-refractivity contribution in [2.75, 3.05) is 27.8 Å². The monoisotopic (exact) mass is 274 g/mol. The van der Waals surface area contributed by atoms with Crippen LogP contribution in [0.25, 0.3) is 11.1 Å². The lowest BCUT2D eigenvalue weighted by atomic mass is 10.0. The van der Waals surface area contributed by atoms with Gasteiger partial charge in [0.05, 0.1) is 0 Å². The summed E-state index contributed by atoms with van der Waals surface area (Å²) in [5.74, 6) is 1.28. The molecule has 0 radical (unpaired) electrons. The minimum Gasteiger partial charge on any atom is -0.464 e. The maximum atomic E-state index is 5.67. The molecular weight excluding hydrogens is 256 g/mol. The number of rotatable bonds is 7. The number of ether oxygens (including phenoxy) is 4. The molecule has 4 nitrogen and oxygen atoms in total. The molecule has 0 atom stereocenters. The fraction of sp³-hybridized carbons (Fsp3) is 0.250. The molecule has 0 fully saturated rings. The van der Waals surface area contributed by atoms with Crippen LogP contribution in [0.15, 0.2) is 48.5 Å². The first-order valence-corrected chi connectivity index (χ1v) is 6.28. The smallest absolute Gasteiger partial charge is 0.188 e. The van der Waals surface area contributed by atoms with Crippen LogP contribution in [0.3, 0.4) is 0 Å². The average Bonchev–Trinajstić information content (AvgIpc) is 2.52. The zero-order valence-electron chi connectivity index (χ0n) is 11.7. The summed E-state index contributed by atoms with van der Waals surface area (Å²) in [7, 11) is 3.16. The number of benzene rings is 2. The zero-order valence-corrected chi connectivity index (χ0v) is 11.7. The van der Waals surface area contributed by atoms with Crippen molar-refractivity contribution in [3.8, 4) is 22.6 Å². The molecule has 0 N–H and O–H groups in total. The summed E-state index contributed by atoms with van der Waals surface area (Å²) in [5, 5.41) is 0. The summed E-state index contributed by atoms with van der Waals surface area (Å²) in [6, 6.07) is 15.7. The highest BCUT2D eigenvalue weighted by Gasteiger charge is 2.12. The number of hydrogen-bond acceptors (Lipinski definition) is 4. The van der Waals surface area contributed by atoms with Gasteiger partial charge in [-0.15, -0.1) is 0 Å². The van der Waals surface area contributed by atoms with Crippen molar-refractivity contribution in [1.29, 1.82) is 0 Å². The van der Waals surface area contributed by atoms with Crippen LogP contribution in [0.4, 0.5) is 0 Å². The van der Waals surface area contributed by atoms with Gasteiger partial charge in [-0.05, 0) is 11.6 Å². The second-order valence-corrected chi connectivity index (χ2v) is 4.10. The highest BCUT2D eigenvalue weighted by atomic mass is 16.7. The fourth-order valence-corrected chi connectivity index (χ4v) is 1.86. The first-order valence-electron chi connectivity index (χ1n) is 6.28. The predicted molar refractivity (Wildman–Crippen MR) is 76.9 cm³/mol. The van der Waals surface area contributed by atoms with Gasteiger partial charge in [0.25, 0.3) is 0 Å². The van der Waals surface area contributed by atoms with Gasteiger partial charge >= 0.3 is 0 Å². The topological polar surface area (TPSA) is 36.9 Å². The lowest BCUT2D eigenvalue weighted by Gasteiger charge is -2.15. The highest BCUT2D eigenvalue weighted by molar-refractivity contribution is 5.73. The molecule has 0 heterocycles. The van der Waals surface area contributed by atoms with Crippen LogP contribution in [0.2, 0.25) is 0 Å². The third kappa shape index (κ3) is 3.50. The summed E-state index contributed by atoms with van der Waals surface area (Å²) < 4.78 is 21.1. The quantitative estimate of drug-likeness (QED) is 0.726. The van der Waals surface area contributed by atoms with Gasteiger partial charge in [-0.2, -0.15) is 0 Å². The van der Waals surface area contributed by atoms with Crippen LogP contribution in [0, 0.1) is 0 Å². The molecule has 20 heavy (non-hydrogen) atoms. The molecule has 2 aromatic carbocycles. The lowest BCUT2D eigenvalue weighted by molar-refractivity contribution is 0.0326. The van der Waals surface area contributed by atoms with E-state index in [-0.39, 0.29) is 13.6 Å². The molecule has 0 bridgehead atoms. The Balaban J connectivity index is 2.39. The first kappa shape index (κ1) is 14.4. The SMILES string of the molecule is COCOc1cccc(-c2ccccc2)c1OCOC. The summed E-state index contributed by atoms with van der Waals surface area (Å²) in [6.07, 6.45) is 0. The van der Waals surface area contributed by atoms with E-state index in [1.54, 1.807) is 14.2 Å².